The second kappa shape index (κ2) is 8.79. The summed E-state index contributed by atoms with van der Waals surface area (Å²) < 4.78 is 16.3. The fraction of sp³-hybridized carbons (Fsp3) is 0.190. The Bertz CT molecular complexity index is 857. The Balaban J connectivity index is 1.66. The van der Waals surface area contributed by atoms with Crippen molar-refractivity contribution < 1.29 is 23.8 Å². The van der Waals surface area contributed by atoms with Gasteiger partial charge in [-0.25, -0.2) is 9.59 Å². The van der Waals surface area contributed by atoms with Gasteiger partial charge in [-0.2, -0.15) is 5.26 Å². The van der Waals surface area contributed by atoms with Crippen LogP contribution in [0.2, 0.25) is 0 Å². The van der Waals surface area contributed by atoms with E-state index in [-0.39, 0.29) is 6.61 Å². The van der Waals surface area contributed by atoms with Gasteiger partial charge < -0.3 is 14.2 Å². The third-order valence-electron chi connectivity index (χ3n) is 3.93. The van der Waals surface area contributed by atoms with Crippen molar-refractivity contribution in [1.29, 1.82) is 5.26 Å². The summed E-state index contributed by atoms with van der Waals surface area (Å²) in [6, 6.07) is 19.0. The highest BCUT2D eigenvalue weighted by Crippen LogP contribution is 2.18. The van der Waals surface area contributed by atoms with E-state index in [4.69, 9.17) is 19.5 Å². The van der Waals surface area contributed by atoms with Crippen LogP contribution >= 0.6 is 0 Å². The van der Waals surface area contributed by atoms with Gasteiger partial charge >= 0.3 is 11.9 Å². The maximum Gasteiger partial charge on any atom is 0.338 e. The quantitative estimate of drug-likeness (QED) is 0.600. The van der Waals surface area contributed by atoms with E-state index in [1.165, 1.54) is 6.08 Å². The van der Waals surface area contributed by atoms with Gasteiger partial charge in [0.25, 0.3) is 0 Å². The predicted molar refractivity (Wildman–Crippen MR) is 95.8 cm³/mol. The van der Waals surface area contributed by atoms with Gasteiger partial charge in [-0.15, -0.1) is 0 Å². The molecule has 1 aliphatic heterocycles. The van der Waals surface area contributed by atoms with E-state index < -0.39 is 30.3 Å². The SMILES string of the molecule is N#C[C@@H]1C=C[C@H](OC(=O)c2ccccc2)[C@@H](COC(=O)c2ccccc2)O1. The van der Waals surface area contributed by atoms with Crippen molar-refractivity contribution in [2.45, 2.75) is 18.3 Å². The molecule has 3 rings (SSSR count). The third-order valence-corrected chi connectivity index (χ3v) is 3.93. The van der Waals surface area contributed by atoms with Gasteiger partial charge in [0.1, 0.15) is 18.8 Å². The van der Waals surface area contributed by atoms with Crippen LogP contribution in [0.4, 0.5) is 0 Å². The minimum absolute atomic E-state index is 0.150. The first kappa shape index (κ1) is 18.4. The summed E-state index contributed by atoms with van der Waals surface area (Å²) in [7, 11) is 0. The van der Waals surface area contributed by atoms with Crippen LogP contribution in [0.25, 0.3) is 0 Å². The number of ether oxygens (including phenoxy) is 3. The lowest BCUT2D eigenvalue weighted by Crippen LogP contribution is -2.41. The Morgan fingerprint density at radius 3 is 2.11 bits per heavy atom. The normalized spacial score (nSPS) is 21.1. The summed E-state index contributed by atoms with van der Waals surface area (Å²) in [4.78, 5) is 24.4. The number of carbonyl (C=O) groups excluding carboxylic acids is 2. The van der Waals surface area contributed by atoms with Crippen LogP contribution in [0, 0.1) is 11.3 Å². The van der Waals surface area contributed by atoms with Crippen LogP contribution in [-0.4, -0.2) is 36.9 Å². The first-order chi connectivity index (χ1) is 13.2. The molecule has 1 aliphatic rings. The number of hydrogen-bond acceptors (Lipinski definition) is 6. The molecular formula is C21H17NO5. The highest BCUT2D eigenvalue weighted by molar-refractivity contribution is 5.90. The zero-order chi connectivity index (χ0) is 19.1. The minimum atomic E-state index is -0.794. The Morgan fingerprint density at radius 2 is 1.52 bits per heavy atom. The van der Waals surface area contributed by atoms with E-state index in [1.807, 2.05) is 6.07 Å². The molecule has 3 atom stereocenters. The van der Waals surface area contributed by atoms with Crippen molar-refractivity contribution in [2.75, 3.05) is 6.61 Å². The molecule has 0 N–H and O–H groups in total. The van der Waals surface area contributed by atoms with Crippen molar-refractivity contribution in [3.05, 3.63) is 83.9 Å². The molecule has 0 radical (unpaired) electrons. The Morgan fingerprint density at radius 1 is 0.926 bits per heavy atom. The smallest absolute Gasteiger partial charge is 0.338 e. The van der Waals surface area contributed by atoms with Crippen LogP contribution in [-0.2, 0) is 14.2 Å². The van der Waals surface area contributed by atoms with E-state index in [2.05, 4.69) is 0 Å². The Hall–Kier alpha value is -3.43. The highest BCUT2D eigenvalue weighted by atomic mass is 16.6. The van der Waals surface area contributed by atoms with Gasteiger partial charge in [0.2, 0.25) is 0 Å². The standard InChI is InChI=1S/C21H17NO5/c22-13-17-11-12-18(27-21(24)16-9-5-2-6-10-16)19(26-17)14-25-20(23)15-7-3-1-4-8-15/h1-12,17-19H,14H2/t17-,18-,19+/m0/s1. The molecule has 136 valence electrons. The second-order valence-corrected chi connectivity index (χ2v) is 5.81. The molecule has 0 fully saturated rings. The van der Waals surface area contributed by atoms with E-state index in [9.17, 15) is 9.59 Å². The molecule has 0 amide bonds. The Kier molecular flexibility index (Phi) is 5.98. The number of rotatable bonds is 5. The number of hydrogen-bond donors (Lipinski definition) is 0. The molecular weight excluding hydrogens is 346 g/mol. The molecule has 0 bridgehead atoms. The Labute approximate surface area is 156 Å². The number of carbonyl (C=O) groups is 2. The molecule has 27 heavy (non-hydrogen) atoms. The van der Waals surface area contributed by atoms with Crippen molar-refractivity contribution in [1.82, 2.24) is 0 Å². The van der Waals surface area contributed by atoms with E-state index in [0.29, 0.717) is 11.1 Å². The summed E-state index contributed by atoms with van der Waals surface area (Å²) in [5.74, 6) is -1.04. The van der Waals surface area contributed by atoms with Gasteiger partial charge in [-0.3, -0.25) is 0 Å². The van der Waals surface area contributed by atoms with Gasteiger partial charge in [0.05, 0.1) is 17.2 Å². The van der Waals surface area contributed by atoms with Crippen molar-refractivity contribution >= 4 is 11.9 Å². The molecule has 0 saturated heterocycles. The summed E-state index contributed by atoms with van der Waals surface area (Å²) in [5.41, 5.74) is 0.798. The summed E-state index contributed by atoms with van der Waals surface area (Å²) in [6.45, 7) is -0.150. The molecule has 0 spiro atoms. The van der Waals surface area contributed by atoms with Crippen LogP contribution < -0.4 is 0 Å². The fourth-order valence-electron chi connectivity index (χ4n) is 2.55. The zero-order valence-electron chi connectivity index (χ0n) is 14.4. The van der Waals surface area contributed by atoms with Crippen LogP contribution in [0.1, 0.15) is 20.7 Å². The largest absolute Gasteiger partial charge is 0.459 e. The first-order valence-electron chi connectivity index (χ1n) is 8.39. The fourth-order valence-corrected chi connectivity index (χ4v) is 2.55. The lowest BCUT2D eigenvalue weighted by Gasteiger charge is -2.29. The van der Waals surface area contributed by atoms with Crippen LogP contribution in [0.5, 0.6) is 0 Å². The van der Waals surface area contributed by atoms with Crippen LogP contribution in [0.3, 0.4) is 0 Å². The average molecular weight is 363 g/mol. The topological polar surface area (TPSA) is 85.6 Å². The molecule has 0 saturated carbocycles. The minimum Gasteiger partial charge on any atom is -0.459 e. The summed E-state index contributed by atoms with van der Waals surface area (Å²) in [5, 5.41) is 9.07. The van der Waals surface area contributed by atoms with E-state index >= 15 is 0 Å². The molecule has 2 aromatic carbocycles. The molecule has 0 unspecified atom stereocenters. The average Bonchev–Trinajstić information content (AvgIpc) is 2.74. The summed E-state index contributed by atoms with van der Waals surface area (Å²) in [6.07, 6.45) is 0.750. The first-order valence-corrected chi connectivity index (χ1v) is 8.39. The molecule has 2 aromatic rings. The third kappa shape index (κ3) is 4.81. The lowest BCUT2D eigenvalue weighted by atomic mass is 10.1. The second-order valence-electron chi connectivity index (χ2n) is 5.81. The highest BCUT2D eigenvalue weighted by Gasteiger charge is 2.31. The maximum absolute atomic E-state index is 12.3. The number of esters is 2. The lowest BCUT2D eigenvalue weighted by molar-refractivity contribution is -0.0766. The van der Waals surface area contributed by atoms with Crippen molar-refractivity contribution in [2.24, 2.45) is 0 Å². The number of nitrogens with zero attached hydrogens (tertiary/aromatic N) is 1. The molecule has 0 aromatic heterocycles. The number of benzene rings is 2. The molecule has 6 nitrogen and oxygen atoms in total. The zero-order valence-corrected chi connectivity index (χ0v) is 14.4. The van der Waals surface area contributed by atoms with Gasteiger partial charge in [0, 0.05) is 0 Å². The predicted octanol–water partition coefficient (Wildman–Crippen LogP) is 2.92. The molecule has 6 heteroatoms. The number of nitriles is 1. The van der Waals surface area contributed by atoms with E-state index in [0.717, 1.165) is 0 Å². The van der Waals surface area contributed by atoms with Crippen molar-refractivity contribution in [3.63, 3.8) is 0 Å². The molecule has 1 heterocycles. The summed E-state index contributed by atoms with van der Waals surface area (Å²) >= 11 is 0. The van der Waals surface area contributed by atoms with Crippen LogP contribution in [0.15, 0.2) is 72.8 Å². The molecule has 0 aliphatic carbocycles. The monoisotopic (exact) mass is 363 g/mol. The maximum atomic E-state index is 12.3. The van der Waals surface area contributed by atoms with Crippen molar-refractivity contribution in [3.8, 4) is 6.07 Å². The van der Waals surface area contributed by atoms with Gasteiger partial charge in [0.15, 0.2) is 6.10 Å². The van der Waals surface area contributed by atoms with E-state index in [1.54, 1.807) is 66.7 Å². The van der Waals surface area contributed by atoms with Gasteiger partial charge in [-0.05, 0) is 36.4 Å². The van der Waals surface area contributed by atoms with Gasteiger partial charge in [-0.1, -0.05) is 36.4 Å².